The zero-order chi connectivity index (χ0) is 17.9. The molecule has 3 aliphatic rings. The van der Waals surface area contributed by atoms with Crippen LogP contribution >= 0.6 is 0 Å². The first kappa shape index (κ1) is 17.8. The molecule has 1 N–H and O–H groups in total. The van der Waals surface area contributed by atoms with E-state index in [4.69, 9.17) is 9.72 Å². The second-order valence-electron chi connectivity index (χ2n) is 7.55. The van der Waals surface area contributed by atoms with E-state index in [9.17, 15) is 4.79 Å². The molecule has 2 fully saturated rings. The smallest absolute Gasteiger partial charge is 0.239 e. The Hall–Kier alpha value is -1.57. The average Bonchev–Trinajstić information content (AvgIpc) is 2.73. The number of fused-ring (bicyclic) bond motifs is 1. The van der Waals surface area contributed by atoms with E-state index < -0.39 is 0 Å². The summed E-state index contributed by atoms with van der Waals surface area (Å²) in [5.41, 5.74) is 2.43. The number of rotatable bonds is 3. The molecule has 1 atom stereocenters. The van der Waals surface area contributed by atoms with Gasteiger partial charge >= 0.3 is 0 Å². The van der Waals surface area contributed by atoms with Gasteiger partial charge < -0.3 is 15.0 Å². The van der Waals surface area contributed by atoms with E-state index in [0.717, 1.165) is 77.6 Å². The SMILES string of the molecule is CC(C(=O)N1CCC(c2ncc3c(n2)CCNC3)CC1)N1CCOCC1. The zero-order valence-corrected chi connectivity index (χ0v) is 15.6. The first-order chi connectivity index (χ1) is 12.7. The van der Waals surface area contributed by atoms with E-state index >= 15 is 0 Å². The highest BCUT2D eigenvalue weighted by Gasteiger charge is 2.31. The Labute approximate surface area is 155 Å². The number of morpholine rings is 1. The quantitative estimate of drug-likeness (QED) is 0.850. The molecule has 1 aromatic heterocycles. The lowest BCUT2D eigenvalue weighted by molar-refractivity contribution is -0.139. The summed E-state index contributed by atoms with van der Waals surface area (Å²) in [5, 5.41) is 3.36. The fraction of sp³-hybridized carbons (Fsp3) is 0.737. The van der Waals surface area contributed by atoms with Gasteiger partial charge in [-0.15, -0.1) is 0 Å². The third-order valence-corrected chi connectivity index (χ3v) is 5.95. The van der Waals surface area contributed by atoms with E-state index in [0.29, 0.717) is 5.92 Å². The summed E-state index contributed by atoms with van der Waals surface area (Å²) in [4.78, 5) is 26.6. The van der Waals surface area contributed by atoms with Gasteiger partial charge in [-0.25, -0.2) is 9.97 Å². The molecular weight excluding hydrogens is 330 g/mol. The van der Waals surface area contributed by atoms with Gasteiger partial charge in [0.25, 0.3) is 0 Å². The standard InChI is InChI=1S/C19H29N5O2/c1-14(23-8-10-26-11-9-23)19(25)24-6-3-15(4-7-24)18-21-13-16-12-20-5-2-17(16)22-18/h13-15,20H,2-12H2,1H3. The molecule has 4 heterocycles. The molecule has 26 heavy (non-hydrogen) atoms. The van der Waals surface area contributed by atoms with Crippen LogP contribution in [0.15, 0.2) is 6.20 Å². The lowest BCUT2D eigenvalue weighted by atomic mass is 9.95. The van der Waals surface area contributed by atoms with Crippen LogP contribution < -0.4 is 5.32 Å². The molecule has 1 unspecified atom stereocenters. The number of carbonyl (C=O) groups excluding carboxylic acids is 1. The number of ether oxygens (including phenoxy) is 1. The number of aromatic nitrogens is 2. The van der Waals surface area contributed by atoms with Crippen molar-refractivity contribution in [3.05, 3.63) is 23.3 Å². The fourth-order valence-corrected chi connectivity index (χ4v) is 4.19. The van der Waals surface area contributed by atoms with Crippen molar-refractivity contribution in [2.75, 3.05) is 45.9 Å². The van der Waals surface area contributed by atoms with Gasteiger partial charge in [-0.2, -0.15) is 0 Å². The molecule has 7 nitrogen and oxygen atoms in total. The first-order valence-electron chi connectivity index (χ1n) is 9.88. The van der Waals surface area contributed by atoms with E-state index in [-0.39, 0.29) is 11.9 Å². The molecule has 0 aromatic carbocycles. The minimum absolute atomic E-state index is 0.0528. The van der Waals surface area contributed by atoms with Gasteiger partial charge in [-0.1, -0.05) is 0 Å². The molecule has 0 aliphatic carbocycles. The normalized spacial score (nSPS) is 23.5. The van der Waals surface area contributed by atoms with Crippen molar-refractivity contribution in [3.63, 3.8) is 0 Å². The van der Waals surface area contributed by atoms with Gasteiger partial charge in [0.15, 0.2) is 0 Å². The van der Waals surface area contributed by atoms with Crippen molar-refractivity contribution in [2.24, 2.45) is 0 Å². The number of amides is 1. The van der Waals surface area contributed by atoms with Gasteiger partial charge in [0, 0.05) is 69.1 Å². The van der Waals surface area contributed by atoms with Crippen LogP contribution in [0.5, 0.6) is 0 Å². The Morgan fingerprint density at radius 3 is 2.81 bits per heavy atom. The summed E-state index contributed by atoms with van der Waals surface area (Å²) in [6, 6.07) is -0.0528. The maximum atomic E-state index is 12.8. The second-order valence-corrected chi connectivity index (χ2v) is 7.55. The Balaban J connectivity index is 1.34. The topological polar surface area (TPSA) is 70.6 Å². The Morgan fingerprint density at radius 2 is 2.04 bits per heavy atom. The van der Waals surface area contributed by atoms with Crippen LogP contribution in [-0.2, 0) is 22.5 Å². The van der Waals surface area contributed by atoms with Crippen molar-refractivity contribution in [3.8, 4) is 0 Å². The predicted octanol–water partition coefficient (Wildman–Crippen LogP) is 0.549. The number of hydrogen-bond acceptors (Lipinski definition) is 6. The van der Waals surface area contributed by atoms with Crippen molar-refractivity contribution in [1.29, 1.82) is 0 Å². The van der Waals surface area contributed by atoms with Gasteiger partial charge in [0.05, 0.1) is 19.3 Å². The van der Waals surface area contributed by atoms with Gasteiger partial charge in [-0.05, 0) is 19.8 Å². The number of likely N-dealkylation sites (tertiary alicyclic amines) is 1. The molecule has 0 bridgehead atoms. The van der Waals surface area contributed by atoms with Crippen LogP contribution in [0.3, 0.4) is 0 Å². The van der Waals surface area contributed by atoms with Crippen LogP contribution in [0, 0.1) is 0 Å². The lowest BCUT2D eigenvalue weighted by Gasteiger charge is -2.37. The molecule has 3 aliphatic heterocycles. The van der Waals surface area contributed by atoms with Crippen LogP contribution in [0.4, 0.5) is 0 Å². The maximum absolute atomic E-state index is 12.8. The van der Waals surface area contributed by atoms with E-state index in [1.54, 1.807) is 0 Å². The highest BCUT2D eigenvalue weighted by atomic mass is 16.5. The Morgan fingerprint density at radius 1 is 1.27 bits per heavy atom. The monoisotopic (exact) mass is 359 g/mol. The maximum Gasteiger partial charge on any atom is 0.239 e. The summed E-state index contributed by atoms with van der Waals surface area (Å²) in [6.07, 6.45) is 4.89. The molecule has 7 heteroatoms. The summed E-state index contributed by atoms with van der Waals surface area (Å²) in [7, 11) is 0. The number of piperidine rings is 1. The molecule has 1 amide bonds. The Bertz CT molecular complexity index is 639. The van der Waals surface area contributed by atoms with Crippen molar-refractivity contribution < 1.29 is 9.53 Å². The van der Waals surface area contributed by atoms with Crippen molar-refractivity contribution >= 4 is 5.91 Å². The molecule has 2 saturated heterocycles. The third-order valence-electron chi connectivity index (χ3n) is 5.95. The van der Waals surface area contributed by atoms with E-state index in [2.05, 4.69) is 15.2 Å². The van der Waals surface area contributed by atoms with Gasteiger partial charge in [0.1, 0.15) is 5.82 Å². The van der Waals surface area contributed by atoms with Crippen LogP contribution in [0.25, 0.3) is 0 Å². The highest BCUT2D eigenvalue weighted by Crippen LogP contribution is 2.27. The second kappa shape index (κ2) is 7.98. The molecule has 1 aromatic rings. The first-order valence-corrected chi connectivity index (χ1v) is 9.88. The van der Waals surface area contributed by atoms with Gasteiger partial charge in [-0.3, -0.25) is 9.69 Å². The molecule has 142 valence electrons. The molecule has 0 spiro atoms. The Kier molecular flexibility index (Phi) is 5.47. The zero-order valence-electron chi connectivity index (χ0n) is 15.6. The summed E-state index contributed by atoms with van der Waals surface area (Å²) >= 11 is 0. The average molecular weight is 359 g/mol. The minimum Gasteiger partial charge on any atom is -0.379 e. The lowest BCUT2D eigenvalue weighted by Crippen LogP contribution is -2.52. The highest BCUT2D eigenvalue weighted by molar-refractivity contribution is 5.81. The predicted molar refractivity (Wildman–Crippen MR) is 97.9 cm³/mol. The van der Waals surface area contributed by atoms with Crippen molar-refractivity contribution in [2.45, 2.75) is 44.7 Å². The fourth-order valence-electron chi connectivity index (χ4n) is 4.19. The molecule has 4 rings (SSSR count). The van der Waals surface area contributed by atoms with Crippen LogP contribution in [-0.4, -0.2) is 77.7 Å². The summed E-state index contributed by atoms with van der Waals surface area (Å²) < 4.78 is 5.39. The van der Waals surface area contributed by atoms with Gasteiger partial charge in [0.2, 0.25) is 5.91 Å². The minimum atomic E-state index is -0.0528. The third kappa shape index (κ3) is 3.75. The van der Waals surface area contributed by atoms with E-state index in [1.165, 1.54) is 11.3 Å². The number of nitrogens with zero attached hydrogens (tertiary/aromatic N) is 4. The van der Waals surface area contributed by atoms with Crippen LogP contribution in [0.1, 0.15) is 42.8 Å². The van der Waals surface area contributed by atoms with Crippen molar-refractivity contribution in [1.82, 2.24) is 25.1 Å². The van der Waals surface area contributed by atoms with E-state index in [1.807, 2.05) is 18.0 Å². The molecule has 0 saturated carbocycles. The van der Waals surface area contributed by atoms with Crippen LogP contribution in [0.2, 0.25) is 0 Å². The largest absolute Gasteiger partial charge is 0.379 e. The number of carbonyl (C=O) groups is 1. The molecular formula is C19H29N5O2. The number of nitrogens with one attached hydrogen (secondary N) is 1. The number of hydrogen-bond donors (Lipinski definition) is 1. The molecule has 0 radical (unpaired) electrons. The summed E-state index contributed by atoms with van der Waals surface area (Å²) in [6.45, 7) is 8.66. The summed E-state index contributed by atoms with van der Waals surface area (Å²) in [5.74, 6) is 1.60.